The molecule has 2 heteroatoms. The van der Waals surface area contributed by atoms with Gasteiger partial charge < -0.3 is 10.2 Å². The molecule has 54 valence electrons. The molecule has 0 aliphatic heterocycles. The second kappa shape index (κ2) is 3.22. The molecule has 0 fully saturated rings. The van der Waals surface area contributed by atoms with Gasteiger partial charge in [0.2, 0.25) is 0 Å². The van der Waals surface area contributed by atoms with Crippen molar-refractivity contribution >= 4 is 0 Å². The molecule has 10 heavy (non-hydrogen) atoms. The average molecular weight is 137 g/mol. The molecule has 1 aromatic heterocycles. The van der Waals surface area contributed by atoms with Crippen LogP contribution in [0.25, 0.3) is 0 Å². The quantitative estimate of drug-likeness (QED) is 0.641. The van der Waals surface area contributed by atoms with E-state index in [1.54, 1.807) is 6.26 Å². The third-order valence-corrected chi connectivity index (χ3v) is 1.29. The molecule has 0 unspecified atom stereocenters. The number of furan rings is 1. The lowest BCUT2D eigenvalue weighted by Crippen LogP contribution is -1.92. The van der Waals surface area contributed by atoms with E-state index in [9.17, 15) is 0 Å². The number of hydrogen-bond donors (Lipinski definition) is 1. The van der Waals surface area contributed by atoms with Gasteiger partial charge in [-0.2, -0.15) is 0 Å². The van der Waals surface area contributed by atoms with E-state index in [1.165, 1.54) is 0 Å². The summed E-state index contributed by atoms with van der Waals surface area (Å²) in [4.78, 5) is 0. The van der Waals surface area contributed by atoms with Crippen LogP contribution in [-0.2, 0) is 13.0 Å². The van der Waals surface area contributed by atoms with Gasteiger partial charge in [-0.3, -0.25) is 0 Å². The summed E-state index contributed by atoms with van der Waals surface area (Å²) in [5.74, 6) is 0.830. The van der Waals surface area contributed by atoms with Crippen LogP contribution in [0, 0.1) is 0 Å². The summed E-state index contributed by atoms with van der Waals surface area (Å²) < 4.78 is 5.09. The minimum absolute atomic E-state index is 0.469. The molecule has 0 aliphatic carbocycles. The first-order valence-electron chi connectivity index (χ1n) is 3.24. The molecule has 0 aromatic carbocycles. The highest BCUT2D eigenvalue weighted by Crippen LogP contribution is 2.07. The Hall–Kier alpha value is -1.02. The van der Waals surface area contributed by atoms with Crippen LogP contribution in [-0.4, -0.2) is 0 Å². The number of nitrogens with two attached hydrogens (primary N) is 1. The van der Waals surface area contributed by atoms with Crippen LogP contribution in [0.1, 0.15) is 11.3 Å². The second-order valence-corrected chi connectivity index (χ2v) is 2.12. The van der Waals surface area contributed by atoms with E-state index in [-0.39, 0.29) is 0 Å². The summed E-state index contributed by atoms with van der Waals surface area (Å²) >= 11 is 0. The minimum Gasteiger partial charge on any atom is -0.468 e. The van der Waals surface area contributed by atoms with Crippen molar-refractivity contribution in [3.63, 3.8) is 0 Å². The summed E-state index contributed by atoms with van der Waals surface area (Å²) in [5, 5.41) is 0. The third kappa shape index (κ3) is 1.48. The Bertz CT molecular complexity index is 215. The SMILES string of the molecule is C=CCc1coc(CN)c1. The summed E-state index contributed by atoms with van der Waals surface area (Å²) in [7, 11) is 0. The van der Waals surface area contributed by atoms with Crippen LogP contribution < -0.4 is 5.73 Å². The van der Waals surface area contributed by atoms with Gasteiger partial charge in [0.1, 0.15) is 5.76 Å². The first-order chi connectivity index (χ1) is 4.86. The standard InChI is InChI=1S/C8H11NO/c1-2-3-7-4-8(5-9)10-6-7/h2,4,6H,1,3,5,9H2. The largest absolute Gasteiger partial charge is 0.468 e. The lowest BCUT2D eigenvalue weighted by Gasteiger charge is -1.82. The molecule has 1 rings (SSSR count). The lowest BCUT2D eigenvalue weighted by molar-refractivity contribution is 0.511. The van der Waals surface area contributed by atoms with E-state index in [1.807, 2.05) is 12.1 Å². The molecule has 1 aromatic rings. The highest BCUT2D eigenvalue weighted by molar-refractivity contribution is 5.14. The van der Waals surface area contributed by atoms with Crippen molar-refractivity contribution in [3.8, 4) is 0 Å². The van der Waals surface area contributed by atoms with Crippen molar-refractivity contribution in [2.24, 2.45) is 5.73 Å². The van der Waals surface area contributed by atoms with Gasteiger partial charge in [-0.1, -0.05) is 6.08 Å². The van der Waals surface area contributed by atoms with Gasteiger partial charge in [0.15, 0.2) is 0 Å². The molecule has 0 amide bonds. The fourth-order valence-corrected chi connectivity index (χ4v) is 0.807. The van der Waals surface area contributed by atoms with Gasteiger partial charge in [0.05, 0.1) is 12.8 Å². The zero-order valence-electron chi connectivity index (χ0n) is 5.84. The molecule has 0 saturated carbocycles. The molecule has 2 nitrogen and oxygen atoms in total. The van der Waals surface area contributed by atoms with Crippen molar-refractivity contribution in [2.45, 2.75) is 13.0 Å². The van der Waals surface area contributed by atoms with Gasteiger partial charge in [-0.25, -0.2) is 0 Å². The molecule has 0 spiro atoms. The van der Waals surface area contributed by atoms with E-state index >= 15 is 0 Å². The predicted molar refractivity (Wildman–Crippen MR) is 40.5 cm³/mol. The summed E-state index contributed by atoms with van der Waals surface area (Å²) in [6, 6.07) is 1.95. The monoisotopic (exact) mass is 137 g/mol. The zero-order chi connectivity index (χ0) is 7.40. The number of hydrogen-bond acceptors (Lipinski definition) is 2. The topological polar surface area (TPSA) is 39.2 Å². The Morgan fingerprint density at radius 3 is 3.00 bits per heavy atom. The van der Waals surface area contributed by atoms with Crippen LogP contribution in [0.2, 0.25) is 0 Å². The summed E-state index contributed by atoms with van der Waals surface area (Å²) in [6.45, 7) is 4.09. The van der Waals surface area contributed by atoms with Crippen LogP contribution in [0.3, 0.4) is 0 Å². The molecule has 1 heterocycles. The molecule has 0 atom stereocenters. The molecular weight excluding hydrogens is 126 g/mol. The molecule has 2 N–H and O–H groups in total. The Morgan fingerprint density at radius 2 is 2.50 bits per heavy atom. The second-order valence-electron chi connectivity index (χ2n) is 2.12. The molecular formula is C8H11NO. The first-order valence-corrected chi connectivity index (χ1v) is 3.24. The fraction of sp³-hybridized carbons (Fsp3) is 0.250. The highest BCUT2D eigenvalue weighted by atomic mass is 16.3. The average Bonchev–Trinajstić information content (AvgIpc) is 2.37. The minimum atomic E-state index is 0.469. The van der Waals surface area contributed by atoms with Gasteiger partial charge in [0.25, 0.3) is 0 Å². The Kier molecular flexibility index (Phi) is 2.29. The van der Waals surface area contributed by atoms with Gasteiger partial charge >= 0.3 is 0 Å². The maximum absolute atomic E-state index is 5.34. The molecule has 0 aliphatic rings. The predicted octanol–water partition coefficient (Wildman–Crippen LogP) is 1.47. The van der Waals surface area contributed by atoms with Crippen molar-refractivity contribution in [3.05, 3.63) is 36.3 Å². The lowest BCUT2D eigenvalue weighted by atomic mass is 10.2. The zero-order valence-corrected chi connectivity index (χ0v) is 5.84. The van der Waals surface area contributed by atoms with Crippen LogP contribution in [0.15, 0.2) is 29.4 Å². The van der Waals surface area contributed by atoms with E-state index in [0.717, 1.165) is 17.7 Å². The van der Waals surface area contributed by atoms with Crippen LogP contribution >= 0.6 is 0 Å². The normalized spacial score (nSPS) is 9.70. The molecule has 0 saturated heterocycles. The maximum Gasteiger partial charge on any atom is 0.117 e. The van der Waals surface area contributed by atoms with Crippen molar-refractivity contribution in [1.82, 2.24) is 0 Å². The van der Waals surface area contributed by atoms with Gasteiger partial charge in [0, 0.05) is 0 Å². The maximum atomic E-state index is 5.34. The summed E-state index contributed by atoms with van der Waals surface area (Å²) in [6.07, 6.45) is 4.40. The van der Waals surface area contributed by atoms with E-state index in [2.05, 4.69) is 6.58 Å². The fourth-order valence-electron chi connectivity index (χ4n) is 0.807. The van der Waals surface area contributed by atoms with Crippen molar-refractivity contribution in [1.29, 1.82) is 0 Å². The number of rotatable bonds is 3. The van der Waals surface area contributed by atoms with Gasteiger partial charge in [-0.15, -0.1) is 6.58 Å². The van der Waals surface area contributed by atoms with Crippen LogP contribution in [0.5, 0.6) is 0 Å². The Balaban J connectivity index is 2.67. The van der Waals surface area contributed by atoms with E-state index in [4.69, 9.17) is 10.2 Å². The third-order valence-electron chi connectivity index (χ3n) is 1.29. The highest BCUT2D eigenvalue weighted by Gasteiger charge is 1.96. The van der Waals surface area contributed by atoms with Crippen molar-refractivity contribution in [2.75, 3.05) is 0 Å². The first kappa shape index (κ1) is 7.09. The van der Waals surface area contributed by atoms with E-state index in [0.29, 0.717) is 6.54 Å². The van der Waals surface area contributed by atoms with Gasteiger partial charge in [-0.05, 0) is 18.1 Å². The number of allylic oxidation sites excluding steroid dienone is 1. The van der Waals surface area contributed by atoms with E-state index < -0.39 is 0 Å². The summed E-state index contributed by atoms with van der Waals surface area (Å²) in [5.41, 5.74) is 6.47. The molecule has 0 radical (unpaired) electrons. The Labute approximate surface area is 60.3 Å². The Morgan fingerprint density at radius 1 is 1.70 bits per heavy atom. The van der Waals surface area contributed by atoms with Crippen molar-refractivity contribution < 1.29 is 4.42 Å². The smallest absolute Gasteiger partial charge is 0.117 e. The van der Waals surface area contributed by atoms with Crippen LogP contribution in [0.4, 0.5) is 0 Å². The molecule has 0 bridgehead atoms.